The average Bonchev–Trinajstić information content (AvgIpc) is 2.92. The standard InChI is InChI=1S/C21H30O3/c1-20-10-8-14(22)12-13(20)4-5-15-16-6-7-18(19(23)24-3)21(16,2)11-9-17(15)20/h12,15-18H,4-11H2,1-3H3/t15-,16-,17-,18+,20-,21-/m0/s1/i19+2. The molecule has 4 rings (SSSR count). The summed E-state index contributed by atoms with van der Waals surface area (Å²) < 4.78 is 5.12. The zero-order valence-corrected chi connectivity index (χ0v) is 15.3. The molecular weight excluding hydrogens is 302 g/mol. The molecule has 3 fully saturated rings. The first-order valence-electron chi connectivity index (χ1n) is 9.72. The van der Waals surface area contributed by atoms with Gasteiger partial charge in [-0.25, -0.2) is 0 Å². The number of rotatable bonds is 1. The summed E-state index contributed by atoms with van der Waals surface area (Å²) in [4.78, 5) is 24.2. The summed E-state index contributed by atoms with van der Waals surface area (Å²) in [6.07, 6.45) is 10.5. The minimum Gasteiger partial charge on any atom is -0.469 e. The highest BCUT2D eigenvalue weighted by molar-refractivity contribution is 5.91. The van der Waals surface area contributed by atoms with Crippen LogP contribution in [0.3, 0.4) is 0 Å². The normalized spacial score (nSPS) is 47.3. The molecule has 0 saturated heterocycles. The molecule has 0 radical (unpaired) electrons. The number of ketones is 1. The second-order valence-electron chi connectivity index (χ2n) is 9.17. The number of carbonyl (C=O) groups is 2. The van der Waals surface area contributed by atoms with Crippen molar-refractivity contribution in [2.45, 2.75) is 65.2 Å². The monoisotopic (exact) mass is 332 g/mol. The Morgan fingerprint density at radius 2 is 1.88 bits per heavy atom. The Morgan fingerprint density at radius 3 is 2.62 bits per heavy atom. The Labute approximate surface area is 145 Å². The van der Waals surface area contributed by atoms with E-state index in [1.54, 1.807) is 0 Å². The van der Waals surface area contributed by atoms with Crippen LogP contribution in [-0.4, -0.2) is 18.9 Å². The Morgan fingerprint density at radius 1 is 1.08 bits per heavy atom. The second-order valence-corrected chi connectivity index (χ2v) is 9.17. The van der Waals surface area contributed by atoms with Crippen molar-refractivity contribution in [1.29, 1.82) is 0 Å². The summed E-state index contributed by atoms with van der Waals surface area (Å²) in [5.41, 5.74) is 1.77. The van der Waals surface area contributed by atoms with Gasteiger partial charge in [0.1, 0.15) is 0 Å². The summed E-state index contributed by atoms with van der Waals surface area (Å²) in [5.74, 6) is 2.48. The lowest BCUT2D eigenvalue weighted by atomic mass is 9.47. The summed E-state index contributed by atoms with van der Waals surface area (Å²) >= 11 is 0. The SMILES string of the molecule is CO[14C](=O)[C@H]1CC[C@H]2[C@@H]3CCC4=CC(=O)CC[C@]4(C)[C@H]3CC[C@]12C. The summed E-state index contributed by atoms with van der Waals surface area (Å²) in [6, 6.07) is 0. The summed E-state index contributed by atoms with van der Waals surface area (Å²) in [6.45, 7) is 4.76. The highest BCUT2D eigenvalue weighted by Gasteiger charge is 2.60. The van der Waals surface area contributed by atoms with Crippen LogP contribution in [0, 0.1) is 34.5 Å². The molecule has 0 spiro atoms. The largest absolute Gasteiger partial charge is 0.469 e. The van der Waals surface area contributed by atoms with Crippen LogP contribution >= 0.6 is 0 Å². The topological polar surface area (TPSA) is 43.4 Å². The molecule has 0 aromatic rings. The fourth-order valence-corrected chi connectivity index (χ4v) is 7.09. The lowest BCUT2D eigenvalue weighted by Gasteiger charge is -2.57. The van der Waals surface area contributed by atoms with Crippen molar-refractivity contribution in [2.75, 3.05) is 7.11 Å². The zero-order valence-electron chi connectivity index (χ0n) is 15.3. The molecule has 3 heteroatoms. The molecule has 6 atom stereocenters. The van der Waals surface area contributed by atoms with Crippen molar-refractivity contribution in [2.24, 2.45) is 34.5 Å². The van der Waals surface area contributed by atoms with Gasteiger partial charge in [0, 0.05) is 6.42 Å². The van der Waals surface area contributed by atoms with Gasteiger partial charge in [-0.15, -0.1) is 0 Å². The third-order valence-corrected chi connectivity index (χ3v) is 8.45. The molecule has 0 aliphatic heterocycles. The summed E-state index contributed by atoms with van der Waals surface area (Å²) in [5, 5.41) is 0. The maximum Gasteiger partial charge on any atom is 0.309 e. The molecule has 0 aromatic carbocycles. The first-order chi connectivity index (χ1) is 11.4. The van der Waals surface area contributed by atoms with E-state index in [-0.39, 0.29) is 22.7 Å². The Kier molecular flexibility index (Phi) is 3.71. The molecule has 0 N–H and O–H groups in total. The molecule has 0 heterocycles. The van der Waals surface area contributed by atoms with Gasteiger partial charge in [-0.3, -0.25) is 9.59 Å². The number of carbonyl (C=O) groups excluding carboxylic acids is 2. The van der Waals surface area contributed by atoms with Crippen molar-refractivity contribution in [1.82, 2.24) is 0 Å². The van der Waals surface area contributed by atoms with E-state index in [0.717, 1.165) is 32.1 Å². The molecule has 4 aliphatic carbocycles. The lowest BCUT2D eigenvalue weighted by molar-refractivity contribution is -0.152. The molecule has 4 aliphatic rings. The fourth-order valence-electron chi connectivity index (χ4n) is 7.09. The van der Waals surface area contributed by atoms with E-state index in [0.29, 0.717) is 23.5 Å². The van der Waals surface area contributed by atoms with Crippen LogP contribution in [0.25, 0.3) is 0 Å². The van der Waals surface area contributed by atoms with Crippen LogP contribution in [-0.2, 0) is 14.3 Å². The molecule has 0 amide bonds. The number of hydrogen-bond donors (Lipinski definition) is 0. The molecule has 132 valence electrons. The Bertz CT molecular complexity index is 606. The highest BCUT2D eigenvalue weighted by Crippen LogP contribution is 2.66. The van der Waals surface area contributed by atoms with E-state index in [1.165, 1.54) is 31.9 Å². The smallest absolute Gasteiger partial charge is 0.309 e. The van der Waals surface area contributed by atoms with E-state index < -0.39 is 0 Å². The number of methoxy groups -OCH3 is 1. The van der Waals surface area contributed by atoms with E-state index in [9.17, 15) is 9.59 Å². The Balaban J connectivity index is 1.65. The van der Waals surface area contributed by atoms with Crippen molar-refractivity contribution >= 4 is 11.8 Å². The van der Waals surface area contributed by atoms with Crippen LogP contribution in [0.5, 0.6) is 0 Å². The van der Waals surface area contributed by atoms with Gasteiger partial charge in [-0.2, -0.15) is 0 Å². The fraction of sp³-hybridized carbons (Fsp3) is 0.810. The molecule has 0 aromatic heterocycles. The number of esters is 1. The van der Waals surface area contributed by atoms with Gasteiger partial charge >= 0.3 is 5.97 Å². The van der Waals surface area contributed by atoms with Gasteiger partial charge < -0.3 is 4.74 Å². The third-order valence-electron chi connectivity index (χ3n) is 8.45. The van der Waals surface area contributed by atoms with Crippen molar-refractivity contribution < 1.29 is 14.3 Å². The van der Waals surface area contributed by atoms with Crippen LogP contribution in [0.1, 0.15) is 65.2 Å². The first kappa shape index (κ1) is 16.4. The summed E-state index contributed by atoms with van der Waals surface area (Å²) in [7, 11) is 1.53. The molecular formula is C21H30O3. The first-order valence-corrected chi connectivity index (χ1v) is 9.72. The maximum atomic E-state index is 12.3. The van der Waals surface area contributed by atoms with Crippen LogP contribution < -0.4 is 0 Å². The average molecular weight is 332 g/mol. The van der Waals surface area contributed by atoms with Gasteiger partial charge in [-0.05, 0) is 79.6 Å². The molecule has 3 nitrogen and oxygen atoms in total. The molecule has 0 bridgehead atoms. The molecule has 0 unspecified atom stereocenters. The minimum absolute atomic E-state index is 0.00400. The highest BCUT2D eigenvalue weighted by atomic mass is 16.8. The number of fused-ring (bicyclic) bond motifs is 5. The van der Waals surface area contributed by atoms with Crippen molar-refractivity contribution in [3.05, 3.63) is 11.6 Å². The lowest BCUT2D eigenvalue weighted by Crippen LogP contribution is -2.51. The predicted octanol–water partition coefficient (Wildman–Crippen LogP) is 4.31. The van der Waals surface area contributed by atoms with Crippen LogP contribution in [0.2, 0.25) is 0 Å². The van der Waals surface area contributed by atoms with E-state index >= 15 is 0 Å². The van der Waals surface area contributed by atoms with Crippen molar-refractivity contribution in [3.63, 3.8) is 0 Å². The Hall–Kier alpha value is -1.12. The minimum atomic E-state index is 0.00400. The maximum absolute atomic E-state index is 12.3. The number of allylic oxidation sites excluding steroid dienone is 1. The van der Waals surface area contributed by atoms with Gasteiger partial charge in [0.05, 0.1) is 13.0 Å². The molecule has 24 heavy (non-hydrogen) atoms. The van der Waals surface area contributed by atoms with E-state index in [4.69, 9.17) is 4.74 Å². The second kappa shape index (κ2) is 5.44. The van der Waals surface area contributed by atoms with Gasteiger partial charge in [-0.1, -0.05) is 19.4 Å². The quantitative estimate of drug-likeness (QED) is 0.672. The van der Waals surface area contributed by atoms with E-state index in [1.807, 2.05) is 6.08 Å². The number of ether oxygens (including phenoxy) is 1. The molecule has 3 saturated carbocycles. The van der Waals surface area contributed by atoms with Crippen molar-refractivity contribution in [3.8, 4) is 0 Å². The van der Waals surface area contributed by atoms with E-state index in [2.05, 4.69) is 13.8 Å². The van der Waals surface area contributed by atoms with Gasteiger partial charge in [0.2, 0.25) is 0 Å². The third kappa shape index (κ3) is 2.09. The predicted molar refractivity (Wildman–Crippen MR) is 92.2 cm³/mol. The van der Waals surface area contributed by atoms with Gasteiger partial charge in [0.15, 0.2) is 5.78 Å². The number of hydrogen-bond acceptors (Lipinski definition) is 3. The van der Waals surface area contributed by atoms with Gasteiger partial charge in [0.25, 0.3) is 0 Å². The van der Waals surface area contributed by atoms with Crippen LogP contribution in [0.15, 0.2) is 11.6 Å². The van der Waals surface area contributed by atoms with Crippen LogP contribution in [0.4, 0.5) is 0 Å². The zero-order chi connectivity index (χ0) is 17.1.